The molecule has 80 valence electrons. The zero-order chi connectivity index (χ0) is 10.8. The Balaban J connectivity index is 2.11. The van der Waals surface area contributed by atoms with Crippen LogP contribution in [-0.2, 0) is 4.79 Å². The lowest BCUT2D eigenvalue weighted by atomic mass is 10.2. The van der Waals surface area contributed by atoms with Gasteiger partial charge in [-0.2, -0.15) is 0 Å². The summed E-state index contributed by atoms with van der Waals surface area (Å²) in [5.41, 5.74) is 0.781. The summed E-state index contributed by atoms with van der Waals surface area (Å²) in [5.74, 6) is -0.647. The topological polar surface area (TPSA) is 49.3 Å². The van der Waals surface area contributed by atoms with E-state index in [1.54, 1.807) is 12.1 Å². The summed E-state index contributed by atoms with van der Waals surface area (Å²) in [6.07, 6.45) is 0. The minimum atomic E-state index is -0.860. The molecule has 0 amide bonds. The second-order valence-corrected chi connectivity index (χ2v) is 4.46. The number of thioether (sulfide) groups is 1. The van der Waals surface area contributed by atoms with Crippen LogP contribution >= 0.6 is 11.8 Å². The quantitative estimate of drug-likeness (QED) is 0.806. The van der Waals surface area contributed by atoms with Gasteiger partial charge < -0.3 is 5.11 Å². The summed E-state index contributed by atoms with van der Waals surface area (Å²) in [5, 5.41) is 11.6. The molecule has 0 radical (unpaired) electrons. The highest BCUT2D eigenvalue weighted by atomic mass is 32.2. The zero-order valence-electron chi connectivity index (χ0n) is 7.81. The highest BCUT2D eigenvalue weighted by Gasteiger charge is 2.30. The average molecular weight is 227 g/mol. The summed E-state index contributed by atoms with van der Waals surface area (Å²) in [4.78, 5) is 10.7. The molecule has 0 aromatic heterocycles. The smallest absolute Gasteiger partial charge is 0.321 e. The second kappa shape index (κ2) is 4.20. The summed E-state index contributed by atoms with van der Waals surface area (Å²) < 4.78 is 12.9. The summed E-state index contributed by atoms with van der Waals surface area (Å²) in [6, 6.07) is 5.68. The number of hydrogen-bond acceptors (Lipinski definition) is 3. The number of hydrogen-bond donors (Lipinski definition) is 2. The maximum absolute atomic E-state index is 12.9. The highest BCUT2D eigenvalue weighted by Crippen LogP contribution is 2.32. The van der Waals surface area contributed by atoms with Crippen molar-refractivity contribution in [3.63, 3.8) is 0 Å². The molecule has 1 aromatic rings. The van der Waals surface area contributed by atoms with Crippen LogP contribution in [0.3, 0.4) is 0 Å². The monoisotopic (exact) mass is 227 g/mol. The fourth-order valence-corrected chi connectivity index (χ4v) is 2.70. The van der Waals surface area contributed by atoms with Crippen LogP contribution in [0.15, 0.2) is 24.3 Å². The van der Waals surface area contributed by atoms with Gasteiger partial charge in [-0.3, -0.25) is 10.1 Å². The van der Waals surface area contributed by atoms with Crippen molar-refractivity contribution in [3.8, 4) is 0 Å². The number of carboxylic acid groups (broad SMARTS) is 1. The van der Waals surface area contributed by atoms with Crippen molar-refractivity contribution in [3.05, 3.63) is 35.6 Å². The van der Waals surface area contributed by atoms with Crippen LogP contribution in [0.1, 0.15) is 10.9 Å². The van der Waals surface area contributed by atoms with Crippen molar-refractivity contribution >= 4 is 17.7 Å². The number of halogens is 1. The van der Waals surface area contributed by atoms with Crippen molar-refractivity contribution in [2.24, 2.45) is 0 Å². The van der Waals surface area contributed by atoms with Gasteiger partial charge in [-0.25, -0.2) is 4.39 Å². The predicted molar refractivity (Wildman–Crippen MR) is 56.2 cm³/mol. The Labute approximate surface area is 90.7 Å². The number of aliphatic carboxylic acids is 1. The van der Waals surface area contributed by atoms with Crippen LogP contribution in [0.4, 0.5) is 4.39 Å². The maximum Gasteiger partial charge on any atom is 0.321 e. The SMILES string of the molecule is O=C(O)[C@@H]1CS[C@H](c2cccc(F)c2)N1. The fourth-order valence-electron chi connectivity index (χ4n) is 1.48. The maximum atomic E-state index is 12.9. The normalized spacial score (nSPS) is 25.4. The Morgan fingerprint density at radius 1 is 1.60 bits per heavy atom. The van der Waals surface area contributed by atoms with Gasteiger partial charge in [0.15, 0.2) is 0 Å². The predicted octanol–water partition coefficient (Wildman–Crippen LogP) is 1.61. The molecule has 0 bridgehead atoms. The lowest BCUT2D eigenvalue weighted by molar-refractivity contribution is -0.138. The van der Waals surface area contributed by atoms with Crippen LogP contribution < -0.4 is 5.32 Å². The molecule has 5 heteroatoms. The Morgan fingerprint density at radius 3 is 3.00 bits per heavy atom. The van der Waals surface area contributed by atoms with Gasteiger partial charge in [0, 0.05) is 5.75 Å². The molecule has 2 rings (SSSR count). The average Bonchev–Trinajstić information content (AvgIpc) is 2.66. The van der Waals surface area contributed by atoms with Crippen LogP contribution in [0.5, 0.6) is 0 Å². The van der Waals surface area contributed by atoms with E-state index in [0.717, 1.165) is 5.56 Å². The number of carboxylic acids is 1. The van der Waals surface area contributed by atoms with Gasteiger partial charge in [0.2, 0.25) is 0 Å². The van der Waals surface area contributed by atoms with E-state index in [1.807, 2.05) is 0 Å². The summed E-state index contributed by atoms with van der Waals surface area (Å²) >= 11 is 1.48. The molecular weight excluding hydrogens is 217 g/mol. The first kappa shape index (κ1) is 10.4. The minimum absolute atomic E-state index is 0.123. The molecule has 1 aliphatic heterocycles. The first-order valence-corrected chi connectivity index (χ1v) is 5.57. The molecular formula is C10H10FNO2S. The van der Waals surface area contributed by atoms with Crippen LogP contribution in [0.2, 0.25) is 0 Å². The summed E-state index contributed by atoms with van der Waals surface area (Å²) in [7, 11) is 0. The number of carbonyl (C=O) groups is 1. The third kappa shape index (κ3) is 2.30. The molecule has 2 atom stereocenters. The molecule has 0 aliphatic carbocycles. The first-order chi connectivity index (χ1) is 7.16. The largest absolute Gasteiger partial charge is 0.480 e. The Morgan fingerprint density at radius 2 is 2.40 bits per heavy atom. The van der Waals surface area contributed by atoms with E-state index in [9.17, 15) is 9.18 Å². The molecule has 2 N–H and O–H groups in total. The Hall–Kier alpha value is -1.07. The second-order valence-electron chi connectivity index (χ2n) is 3.33. The van der Waals surface area contributed by atoms with Gasteiger partial charge in [0.25, 0.3) is 0 Å². The van der Waals surface area contributed by atoms with E-state index in [1.165, 1.54) is 23.9 Å². The summed E-state index contributed by atoms with van der Waals surface area (Å²) in [6.45, 7) is 0. The third-order valence-corrected chi connectivity index (χ3v) is 3.50. The third-order valence-electron chi connectivity index (χ3n) is 2.23. The van der Waals surface area contributed by atoms with Crippen molar-refractivity contribution in [2.45, 2.75) is 11.4 Å². The van der Waals surface area contributed by atoms with Gasteiger partial charge in [-0.1, -0.05) is 12.1 Å². The van der Waals surface area contributed by atoms with Crippen molar-refractivity contribution in [1.82, 2.24) is 5.32 Å². The molecule has 1 fully saturated rings. The molecule has 1 heterocycles. The molecule has 1 aromatic carbocycles. The van der Waals surface area contributed by atoms with Gasteiger partial charge in [-0.05, 0) is 17.7 Å². The molecule has 0 unspecified atom stereocenters. The molecule has 1 aliphatic rings. The standard InChI is InChI=1S/C10H10FNO2S/c11-7-3-1-2-6(4-7)9-12-8(5-15-9)10(13)14/h1-4,8-9,12H,5H2,(H,13,14)/t8-,9+/m0/s1. The van der Waals surface area contributed by atoms with Crippen molar-refractivity contribution < 1.29 is 14.3 Å². The lowest BCUT2D eigenvalue weighted by Gasteiger charge is -2.10. The van der Waals surface area contributed by atoms with Gasteiger partial charge in [0.05, 0.1) is 5.37 Å². The minimum Gasteiger partial charge on any atom is -0.480 e. The molecule has 15 heavy (non-hydrogen) atoms. The van der Waals surface area contributed by atoms with Crippen molar-refractivity contribution in [2.75, 3.05) is 5.75 Å². The highest BCUT2D eigenvalue weighted by molar-refractivity contribution is 7.99. The molecule has 0 spiro atoms. The Kier molecular flexibility index (Phi) is 2.93. The van der Waals surface area contributed by atoms with Gasteiger partial charge in [-0.15, -0.1) is 11.8 Å². The van der Waals surface area contributed by atoms with Crippen LogP contribution in [-0.4, -0.2) is 22.9 Å². The molecule has 3 nitrogen and oxygen atoms in total. The first-order valence-electron chi connectivity index (χ1n) is 4.53. The van der Waals surface area contributed by atoms with E-state index >= 15 is 0 Å². The van der Waals surface area contributed by atoms with Gasteiger partial charge >= 0.3 is 5.97 Å². The number of benzene rings is 1. The lowest BCUT2D eigenvalue weighted by Crippen LogP contribution is -2.33. The Bertz CT molecular complexity index is 385. The fraction of sp³-hybridized carbons (Fsp3) is 0.300. The molecule has 1 saturated heterocycles. The van der Waals surface area contributed by atoms with Crippen LogP contribution in [0.25, 0.3) is 0 Å². The van der Waals surface area contributed by atoms with E-state index in [4.69, 9.17) is 5.11 Å². The number of nitrogens with one attached hydrogen (secondary N) is 1. The van der Waals surface area contributed by atoms with Crippen molar-refractivity contribution in [1.29, 1.82) is 0 Å². The number of rotatable bonds is 2. The molecule has 0 saturated carbocycles. The van der Waals surface area contributed by atoms with E-state index in [2.05, 4.69) is 5.32 Å². The zero-order valence-corrected chi connectivity index (χ0v) is 8.63. The van der Waals surface area contributed by atoms with E-state index < -0.39 is 12.0 Å². The van der Waals surface area contributed by atoms with E-state index in [0.29, 0.717) is 5.75 Å². The van der Waals surface area contributed by atoms with Gasteiger partial charge in [0.1, 0.15) is 11.9 Å². The van der Waals surface area contributed by atoms with E-state index in [-0.39, 0.29) is 11.2 Å². The van der Waals surface area contributed by atoms with Crippen LogP contribution in [0, 0.1) is 5.82 Å².